The molecular weight excluding hydrogens is 448 g/mol. The van der Waals surface area contributed by atoms with Gasteiger partial charge in [0, 0.05) is 25.5 Å². The number of nitrogens with zero attached hydrogens (tertiary/aromatic N) is 4. The van der Waals surface area contributed by atoms with Crippen LogP contribution in [-0.2, 0) is 19.7 Å². The second-order valence-electron chi connectivity index (χ2n) is 10.3. The summed E-state index contributed by atoms with van der Waals surface area (Å²) in [7, 11) is 3.63. The molecule has 0 saturated heterocycles. The van der Waals surface area contributed by atoms with Gasteiger partial charge in [-0.1, -0.05) is 48.5 Å². The Morgan fingerprint density at radius 3 is 2.47 bits per heavy atom. The Hall–Kier alpha value is -4.03. The highest BCUT2D eigenvalue weighted by atomic mass is 16.3. The molecule has 8 bridgehead atoms. The molecular formula is C30H26N4O2. The molecule has 4 aliphatic rings. The zero-order valence-corrected chi connectivity index (χ0v) is 20.2. The van der Waals surface area contributed by atoms with Gasteiger partial charge in [0.1, 0.15) is 0 Å². The van der Waals surface area contributed by atoms with Gasteiger partial charge >= 0.3 is 0 Å². The molecule has 6 heteroatoms. The Labute approximate surface area is 208 Å². The quantitative estimate of drug-likeness (QED) is 0.386. The van der Waals surface area contributed by atoms with E-state index in [-0.39, 0.29) is 5.56 Å². The lowest BCUT2D eigenvalue weighted by Crippen LogP contribution is -2.32. The van der Waals surface area contributed by atoms with Crippen molar-refractivity contribution in [2.45, 2.75) is 30.3 Å². The fourth-order valence-electron chi connectivity index (χ4n) is 6.04. The number of imidazole rings is 1. The monoisotopic (exact) mass is 474 g/mol. The lowest BCUT2D eigenvalue weighted by molar-refractivity contribution is 0.113. The Balaban J connectivity index is 1.59. The molecule has 4 aliphatic carbocycles. The first-order valence-corrected chi connectivity index (χ1v) is 12.3. The first-order chi connectivity index (χ1) is 17.4. The smallest absolute Gasteiger partial charge is 0.251 e. The minimum Gasteiger partial charge on any atom is -0.373 e. The predicted octanol–water partition coefficient (Wildman–Crippen LogP) is 4.59. The normalized spacial score (nSPS) is 22.3. The number of fused-ring (bicyclic) bond motifs is 1. The molecule has 1 unspecified atom stereocenters. The van der Waals surface area contributed by atoms with Crippen molar-refractivity contribution in [1.82, 2.24) is 19.1 Å². The van der Waals surface area contributed by atoms with E-state index in [1.54, 1.807) is 36.4 Å². The number of aromatic nitrogens is 4. The highest BCUT2D eigenvalue weighted by molar-refractivity contribution is 5.94. The molecule has 1 fully saturated rings. The molecule has 9 rings (SSSR count). The number of hydrogen-bond donors (Lipinski definition) is 1. The van der Waals surface area contributed by atoms with Crippen LogP contribution in [0.1, 0.15) is 52.8 Å². The lowest BCUT2D eigenvalue weighted by atomic mass is 9.68. The summed E-state index contributed by atoms with van der Waals surface area (Å²) in [6.45, 7) is 0. The molecule has 1 N–H and O–H groups in total. The number of aryl methyl sites for hydroxylation is 2. The molecule has 178 valence electrons. The van der Waals surface area contributed by atoms with E-state index < -0.39 is 5.60 Å². The van der Waals surface area contributed by atoms with Gasteiger partial charge in [0.25, 0.3) is 5.56 Å². The second-order valence-corrected chi connectivity index (χ2v) is 10.3. The number of pyridine rings is 2. The largest absolute Gasteiger partial charge is 0.373 e. The van der Waals surface area contributed by atoms with E-state index in [2.05, 4.69) is 41.4 Å². The van der Waals surface area contributed by atoms with Crippen LogP contribution in [-0.4, -0.2) is 24.2 Å². The molecule has 36 heavy (non-hydrogen) atoms. The molecule has 0 spiro atoms. The molecule has 3 aromatic heterocycles. The van der Waals surface area contributed by atoms with Crippen molar-refractivity contribution in [3.8, 4) is 11.1 Å². The van der Waals surface area contributed by atoms with Crippen molar-refractivity contribution in [2.75, 3.05) is 0 Å². The fourth-order valence-corrected chi connectivity index (χ4v) is 6.04. The van der Waals surface area contributed by atoms with Crippen LogP contribution in [0.15, 0.2) is 84.2 Å². The van der Waals surface area contributed by atoms with Crippen molar-refractivity contribution < 1.29 is 5.11 Å². The van der Waals surface area contributed by atoms with Crippen molar-refractivity contribution in [2.24, 2.45) is 14.1 Å². The fraction of sp³-hybridized carbons (Fsp3) is 0.233. The van der Waals surface area contributed by atoms with Crippen LogP contribution >= 0.6 is 0 Å². The Bertz CT molecular complexity index is 1710. The van der Waals surface area contributed by atoms with Gasteiger partial charge in [-0.15, -0.1) is 0 Å². The maximum Gasteiger partial charge on any atom is 0.251 e. The van der Waals surface area contributed by atoms with E-state index >= 15 is 0 Å². The maximum atomic E-state index is 12.9. The van der Waals surface area contributed by atoms with Crippen molar-refractivity contribution >= 4 is 10.9 Å². The summed E-state index contributed by atoms with van der Waals surface area (Å²) in [5.41, 5.74) is 5.44. The summed E-state index contributed by atoms with van der Waals surface area (Å²) in [6.07, 6.45) is 7.26. The number of benzene rings is 2. The predicted molar refractivity (Wildman–Crippen MR) is 139 cm³/mol. The van der Waals surface area contributed by atoms with Gasteiger partial charge in [0.2, 0.25) is 0 Å². The maximum absolute atomic E-state index is 12.9. The minimum absolute atomic E-state index is 0.0868. The Morgan fingerprint density at radius 2 is 1.72 bits per heavy atom. The van der Waals surface area contributed by atoms with Crippen LogP contribution in [0.5, 0.6) is 0 Å². The standard InChI is InChI=1S/C30H26N4O2/c1-33-17-31-16-28(33)30(36)23-8-6-18(7-9-23)21-11-22(12-21)19-4-3-5-20(10-19)24-14-29(35)34(2)26-15-32-27(30)13-25(24)26/h3-10,13-17,21-22,36H,11-12H2,1-2H3. The zero-order chi connectivity index (χ0) is 24.6. The van der Waals surface area contributed by atoms with Gasteiger partial charge in [-0.3, -0.25) is 9.78 Å². The topological polar surface area (TPSA) is 72.9 Å². The highest BCUT2D eigenvalue weighted by Crippen LogP contribution is 2.49. The summed E-state index contributed by atoms with van der Waals surface area (Å²) in [5, 5.41) is 13.3. The average molecular weight is 475 g/mol. The van der Waals surface area contributed by atoms with Gasteiger partial charge in [0.05, 0.1) is 35.6 Å². The van der Waals surface area contributed by atoms with Crippen LogP contribution in [0, 0.1) is 0 Å². The third kappa shape index (κ3) is 2.91. The van der Waals surface area contributed by atoms with Crippen LogP contribution in [0.2, 0.25) is 0 Å². The van der Waals surface area contributed by atoms with Gasteiger partial charge in [0.15, 0.2) is 5.60 Å². The molecule has 6 nitrogen and oxygen atoms in total. The first kappa shape index (κ1) is 21.3. The van der Waals surface area contributed by atoms with E-state index in [4.69, 9.17) is 4.98 Å². The van der Waals surface area contributed by atoms with Gasteiger partial charge in [-0.05, 0) is 58.6 Å². The van der Waals surface area contributed by atoms with Gasteiger partial charge in [-0.2, -0.15) is 0 Å². The van der Waals surface area contributed by atoms with Crippen molar-refractivity contribution in [1.29, 1.82) is 0 Å². The van der Waals surface area contributed by atoms with Crippen LogP contribution in [0.4, 0.5) is 0 Å². The SMILES string of the molecule is Cn1cncc1C1(O)c2ccc(cc2)C2CC(C2)c2cccc(c2)-c2cc(=O)n(C)c3cnc1cc23. The summed E-state index contributed by atoms with van der Waals surface area (Å²) in [4.78, 5) is 22.0. The molecule has 1 atom stereocenters. The third-order valence-electron chi connectivity index (χ3n) is 8.30. The molecule has 3 heterocycles. The minimum atomic E-state index is -1.52. The molecule has 5 aromatic rings. The summed E-state index contributed by atoms with van der Waals surface area (Å²) < 4.78 is 3.44. The van der Waals surface area contributed by atoms with Crippen molar-refractivity contribution in [3.05, 3.63) is 118 Å². The molecule has 1 saturated carbocycles. The van der Waals surface area contributed by atoms with E-state index in [1.165, 1.54) is 11.1 Å². The summed E-state index contributed by atoms with van der Waals surface area (Å²) >= 11 is 0. The zero-order valence-electron chi connectivity index (χ0n) is 20.2. The lowest BCUT2D eigenvalue weighted by Gasteiger charge is -2.36. The molecule has 0 aliphatic heterocycles. The van der Waals surface area contributed by atoms with E-state index in [0.717, 1.165) is 40.4 Å². The van der Waals surface area contributed by atoms with E-state index in [9.17, 15) is 9.90 Å². The highest BCUT2D eigenvalue weighted by Gasteiger charge is 2.39. The van der Waals surface area contributed by atoms with E-state index in [0.29, 0.717) is 23.2 Å². The molecule has 0 amide bonds. The van der Waals surface area contributed by atoms with Gasteiger partial charge < -0.3 is 14.2 Å². The molecule has 0 radical (unpaired) electrons. The van der Waals surface area contributed by atoms with Crippen molar-refractivity contribution in [3.63, 3.8) is 0 Å². The molecule has 2 aromatic carbocycles. The van der Waals surface area contributed by atoms with Crippen LogP contribution in [0.25, 0.3) is 22.0 Å². The average Bonchev–Trinajstić information content (AvgIpc) is 3.31. The first-order valence-electron chi connectivity index (χ1n) is 12.3. The number of aliphatic hydroxyl groups is 1. The number of rotatable bonds is 1. The summed E-state index contributed by atoms with van der Waals surface area (Å²) in [6, 6.07) is 20.5. The Kier molecular flexibility index (Phi) is 4.42. The van der Waals surface area contributed by atoms with Crippen LogP contribution < -0.4 is 5.56 Å². The van der Waals surface area contributed by atoms with Crippen LogP contribution in [0.3, 0.4) is 0 Å². The van der Waals surface area contributed by atoms with Gasteiger partial charge in [-0.25, -0.2) is 4.98 Å². The van der Waals surface area contributed by atoms with E-state index in [1.807, 2.05) is 29.8 Å². The second kappa shape index (κ2) is 7.48. The Morgan fingerprint density at radius 1 is 0.944 bits per heavy atom. The summed E-state index contributed by atoms with van der Waals surface area (Å²) in [5.74, 6) is 0.999. The number of hydrogen-bond acceptors (Lipinski definition) is 4. The third-order valence-corrected chi connectivity index (χ3v) is 8.30.